The number of nitrogens with one attached hydrogen (secondary N) is 3. The number of anilines is 1. The molecule has 7 nitrogen and oxygen atoms in total. The van der Waals surface area contributed by atoms with Gasteiger partial charge in [-0.2, -0.15) is 5.26 Å². The van der Waals surface area contributed by atoms with Crippen LogP contribution in [0, 0.1) is 22.7 Å². The minimum Gasteiger partial charge on any atom is -0.355 e. The summed E-state index contributed by atoms with van der Waals surface area (Å²) in [6, 6.07) is 3.85. The van der Waals surface area contributed by atoms with Crippen molar-refractivity contribution in [3.8, 4) is 6.07 Å². The van der Waals surface area contributed by atoms with Crippen molar-refractivity contribution in [2.75, 3.05) is 23.7 Å². The maximum Gasteiger partial charge on any atom is 0.236 e. The van der Waals surface area contributed by atoms with Gasteiger partial charge in [0.2, 0.25) is 5.91 Å². The predicted octanol–water partition coefficient (Wildman–Crippen LogP) is 2.18. The van der Waals surface area contributed by atoms with Crippen LogP contribution >= 0.6 is 22.9 Å². The zero-order chi connectivity index (χ0) is 17.0. The van der Waals surface area contributed by atoms with E-state index in [0.29, 0.717) is 24.8 Å². The fraction of sp³-hybridized carbons (Fsp3) is 0.533. The van der Waals surface area contributed by atoms with Crippen molar-refractivity contribution in [2.45, 2.75) is 25.8 Å². The van der Waals surface area contributed by atoms with Crippen LogP contribution in [-0.2, 0) is 4.79 Å². The van der Waals surface area contributed by atoms with E-state index in [1.165, 1.54) is 0 Å². The fourth-order valence-corrected chi connectivity index (χ4v) is 3.41. The zero-order valence-corrected chi connectivity index (χ0v) is 15.4. The highest BCUT2D eigenvalue weighted by Crippen LogP contribution is 2.25. The molecular weight excluding hydrogens is 407 g/mol. The smallest absolute Gasteiger partial charge is 0.236 e. The number of nitriles is 1. The number of rotatable bonds is 4. The predicted molar refractivity (Wildman–Crippen MR) is 97.4 cm³/mol. The van der Waals surface area contributed by atoms with E-state index in [1.807, 2.05) is 46.9 Å². The molecule has 1 aliphatic rings. The van der Waals surface area contributed by atoms with Crippen LogP contribution in [0.25, 0.3) is 0 Å². The molecule has 2 rings (SSSR count). The van der Waals surface area contributed by atoms with Gasteiger partial charge < -0.3 is 18.3 Å². The molecule has 2 heterocycles. The van der Waals surface area contributed by atoms with E-state index in [0.717, 1.165) is 17.8 Å². The Morgan fingerprint density at radius 2 is 2.43 bits per heavy atom. The summed E-state index contributed by atoms with van der Waals surface area (Å²) in [5, 5.41) is 17.2. The Morgan fingerprint density at radius 1 is 1.70 bits per heavy atom. The number of aromatic nitrogens is 1. The third-order valence-corrected chi connectivity index (χ3v) is 4.99. The summed E-state index contributed by atoms with van der Waals surface area (Å²) in [6.07, 6.45) is 2.60. The second kappa shape index (κ2) is 7.68. The van der Waals surface area contributed by atoms with Gasteiger partial charge in [-0.05, 0) is 18.4 Å². The summed E-state index contributed by atoms with van der Waals surface area (Å²) in [5.74, 6) is 1.46. The average Bonchev–Trinajstić information content (AvgIpc) is 3.02. The Morgan fingerprint density at radius 3 is 3.09 bits per heavy atom. The van der Waals surface area contributed by atoms with Crippen molar-refractivity contribution in [1.82, 2.24) is 14.8 Å². The highest BCUT2D eigenvalue weighted by molar-refractivity contribution is 14.1. The first kappa shape index (κ1) is 17.6. The number of likely N-dealkylation sites (N-methyl/N-ethyl adjacent to an activating group) is 1. The summed E-state index contributed by atoms with van der Waals surface area (Å²) in [6.45, 7) is 3.39. The lowest BCUT2D eigenvalue weighted by molar-refractivity contribution is -0.132. The van der Waals surface area contributed by atoms with Crippen molar-refractivity contribution in [1.29, 1.82) is 10.7 Å². The number of amides is 1. The lowest BCUT2D eigenvalue weighted by Crippen LogP contribution is -2.53. The Hall–Kier alpha value is -1.76. The monoisotopic (exact) mass is 428 g/mol. The number of halogens is 1. The Balaban J connectivity index is 2.13. The second-order valence-electron chi connectivity index (χ2n) is 5.83. The highest BCUT2D eigenvalue weighted by Gasteiger charge is 2.33. The third-order valence-electron chi connectivity index (χ3n) is 4.45. The van der Waals surface area contributed by atoms with Crippen LogP contribution < -0.4 is 3.53 Å². The molecule has 0 aromatic carbocycles. The molecule has 8 heteroatoms. The Kier molecular flexibility index (Phi) is 5.87. The van der Waals surface area contributed by atoms with Gasteiger partial charge in [-0.25, -0.2) is 0 Å². The van der Waals surface area contributed by atoms with Gasteiger partial charge in [0.05, 0.1) is 40.5 Å². The molecule has 1 aromatic heterocycles. The minimum absolute atomic E-state index is 0.0656. The maximum atomic E-state index is 12.0. The SMILES string of the molecule is C[C@@H]1CCN(C(=O)CC#N)C[C@@H]1N(C)C(=N)c1cc[nH]c1NI. The lowest BCUT2D eigenvalue weighted by Gasteiger charge is -2.42. The minimum atomic E-state index is -0.124. The van der Waals surface area contributed by atoms with Gasteiger partial charge in [0.25, 0.3) is 0 Å². The molecule has 0 saturated carbocycles. The number of likely N-dealkylation sites (tertiary alicyclic amines) is 1. The quantitative estimate of drug-likeness (QED) is 0.296. The third kappa shape index (κ3) is 3.77. The fourth-order valence-electron chi connectivity index (χ4n) is 2.96. The molecule has 0 unspecified atom stereocenters. The molecule has 0 aliphatic carbocycles. The number of carbonyl (C=O) groups is 1. The largest absolute Gasteiger partial charge is 0.355 e. The van der Waals surface area contributed by atoms with Crippen LogP contribution in [0.3, 0.4) is 0 Å². The van der Waals surface area contributed by atoms with Gasteiger partial charge >= 0.3 is 0 Å². The Labute approximate surface area is 150 Å². The van der Waals surface area contributed by atoms with Crippen LogP contribution in [-0.4, -0.2) is 52.7 Å². The van der Waals surface area contributed by atoms with Gasteiger partial charge in [-0.3, -0.25) is 10.2 Å². The number of H-pyrrole nitrogens is 1. The van der Waals surface area contributed by atoms with Crippen LogP contribution in [0.2, 0.25) is 0 Å². The first-order valence-corrected chi connectivity index (χ1v) is 8.58. The van der Waals surface area contributed by atoms with Crippen molar-refractivity contribution >= 4 is 40.4 Å². The van der Waals surface area contributed by atoms with E-state index in [1.54, 1.807) is 11.1 Å². The van der Waals surface area contributed by atoms with E-state index in [2.05, 4.69) is 15.4 Å². The number of amidine groups is 1. The molecule has 3 N–H and O–H groups in total. The van der Waals surface area contributed by atoms with E-state index < -0.39 is 0 Å². The standard InChI is InChI=1S/C15H21IN6O/c1-10-5-8-22(13(23)3-6-17)9-12(10)21(2)14(18)11-4-7-19-15(11)20-16/h4,7,10,12,18-20H,3,5,8-9H2,1-2H3/t10-,12+/m1/s1. The molecule has 2 atom stereocenters. The van der Waals surface area contributed by atoms with E-state index in [9.17, 15) is 4.79 Å². The number of carbonyl (C=O) groups excluding carboxylic acids is 1. The number of piperidine rings is 1. The summed E-state index contributed by atoms with van der Waals surface area (Å²) in [5.41, 5.74) is 0.801. The molecule has 23 heavy (non-hydrogen) atoms. The normalized spacial score (nSPS) is 20.7. The van der Waals surface area contributed by atoms with Crippen molar-refractivity contribution in [2.24, 2.45) is 5.92 Å². The maximum absolute atomic E-state index is 12.0. The van der Waals surface area contributed by atoms with Crippen molar-refractivity contribution < 1.29 is 4.79 Å². The molecule has 1 amide bonds. The molecule has 124 valence electrons. The summed E-state index contributed by atoms with van der Waals surface area (Å²) in [7, 11) is 1.89. The Bertz CT molecular complexity index is 622. The molecule has 1 aromatic rings. The van der Waals surface area contributed by atoms with Gasteiger partial charge in [-0.15, -0.1) is 0 Å². The number of aromatic amines is 1. The van der Waals surface area contributed by atoms with Gasteiger partial charge in [-0.1, -0.05) is 6.92 Å². The highest BCUT2D eigenvalue weighted by atomic mass is 127. The molecule has 0 radical (unpaired) electrons. The number of hydrogen-bond donors (Lipinski definition) is 3. The summed E-state index contributed by atoms with van der Waals surface area (Å²) < 4.78 is 3.02. The number of hydrogen-bond acceptors (Lipinski definition) is 4. The molecule has 1 saturated heterocycles. The van der Waals surface area contributed by atoms with E-state index in [-0.39, 0.29) is 18.4 Å². The summed E-state index contributed by atoms with van der Waals surface area (Å²) in [4.78, 5) is 18.7. The van der Waals surface area contributed by atoms with E-state index >= 15 is 0 Å². The molecular formula is C15H21IN6O. The average molecular weight is 428 g/mol. The number of nitrogens with zero attached hydrogens (tertiary/aromatic N) is 3. The van der Waals surface area contributed by atoms with Crippen molar-refractivity contribution in [3.05, 3.63) is 17.8 Å². The van der Waals surface area contributed by atoms with Gasteiger partial charge in [0.15, 0.2) is 0 Å². The van der Waals surface area contributed by atoms with Crippen molar-refractivity contribution in [3.63, 3.8) is 0 Å². The van der Waals surface area contributed by atoms with Gasteiger partial charge in [0.1, 0.15) is 18.1 Å². The first-order chi connectivity index (χ1) is 11.0. The zero-order valence-electron chi connectivity index (χ0n) is 13.3. The molecule has 1 fully saturated rings. The topological polar surface area (TPSA) is 99.0 Å². The van der Waals surface area contributed by atoms with Crippen LogP contribution in [0.15, 0.2) is 12.3 Å². The lowest BCUT2D eigenvalue weighted by atomic mass is 9.91. The van der Waals surface area contributed by atoms with Crippen LogP contribution in [0.5, 0.6) is 0 Å². The molecule has 0 spiro atoms. The molecule has 0 bridgehead atoms. The first-order valence-electron chi connectivity index (χ1n) is 7.50. The van der Waals surface area contributed by atoms with E-state index in [4.69, 9.17) is 10.7 Å². The molecule has 1 aliphatic heterocycles. The second-order valence-corrected chi connectivity index (χ2v) is 6.37. The van der Waals surface area contributed by atoms with Crippen LogP contribution in [0.4, 0.5) is 5.82 Å². The summed E-state index contributed by atoms with van der Waals surface area (Å²) >= 11 is 2.03. The van der Waals surface area contributed by atoms with Gasteiger partial charge in [0, 0.05) is 26.3 Å². The van der Waals surface area contributed by atoms with Crippen LogP contribution in [0.1, 0.15) is 25.3 Å².